The van der Waals surface area contributed by atoms with Crippen LogP contribution in [-0.4, -0.2) is 10.2 Å². The molecule has 2 heteroatoms. The van der Waals surface area contributed by atoms with Crippen molar-refractivity contribution in [3.8, 4) is 0 Å². The normalized spacial score (nSPS) is 25.3. The van der Waals surface area contributed by atoms with Gasteiger partial charge in [0.15, 0.2) is 0 Å². The highest BCUT2D eigenvalue weighted by Gasteiger charge is 2.18. The molecule has 0 amide bonds. The van der Waals surface area contributed by atoms with Crippen molar-refractivity contribution in [2.75, 3.05) is 4.43 Å². The van der Waals surface area contributed by atoms with Gasteiger partial charge in [0.05, 0.1) is 0 Å². The second-order valence-corrected chi connectivity index (χ2v) is 5.03. The molecule has 0 radical (unpaired) electrons. The molecule has 0 bridgehead atoms. The molecule has 0 aromatic carbocycles. The fraction of sp³-hybridized carbons (Fsp3) is 0.909. The summed E-state index contributed by atoms with van der Waals surface area (Å²) in [6.07, 6.45) is 9.40. The van der Waals surface area contributed by atoms with Crippen molar-refractivity contribution in [2.45, 2.75) is 51.4 Å². The van der Waals surface area contributed by atoms with Crippen molar-refractivity contribution < 1.29 is 4.79 Å². The Morgan fingerprint density at radius 1 is 1.23 bits per heavy atom. The number of carbonyl (C=O) groups excluding carboxylic acids is 1. The largest absolute Gasteiger partial charge is 0.299 e. The molecule has 1 fully saturated rings. The summed E-state index contributed by atoms with van der Waals surface area (Å²) in [5.41, 5.74) is 0. The minimum Gasteiger partial charge on any atom is -0.299 e. The highest BCUT2D eigenvalue weighted by Crippen LogP contribution is 2.23. The van der Waals surface area contributed by atoms with Crippen LogP contribution in [0.25, 0.3) is 0 Å². The van der Waals surface area contributed by atoms with Crippen LogP contribution in [0.4, 0.5) is 0 Å². The quantitative estimate of drug-likeness (QED) is 0.572. The van der Waals surface area contributed by atoms with E-state index in [1.165, 1.54) is 30.1 Å². The van der Waals surface area contributed by atoms with Crippen LogP contribution in [0.1, 0.15) is 51.4 Å². The molecule has 0 aliphatic heterocycles. The van der Waals surface area contributed by atoms with Gasteiger partial charge in [0.2, 0.25) is 0 Å². The number of halogens is 1. The van der Waals surface area contributed by atoms with E-state index in [-0.39, 0.29) is 0 Å². The minimum atomic E-state index is 0.412. The molecule has 1 rings (SSSR count). The Morgan fingerprint density at radius 3 is 2.77 bits per heavy atom. The summed E-state index contributed by atoms with van der Waals surface area (Å²) in [4.78, 5) is 11.7. The van der Waals surface area contributed by atoms with Crippen molar-refractivity contribution in [1.82, 2.24) is 0 Å². The van der Waals surface area contributed by atoms with Crippen LogP contribution in [0, 0.1) is 5.92 Å². The Kier molecular flexibility index (Phi) is 6.00. The first kappa shape index (κ1) is 11.5. The Hall–Kier alpha value is 0.400. The average molecular weight is 294 g/mol. The molecular weight excluding hydrogens is 275 g/mol. The van der Waals surface area contributed by atoms with Gasteiger partial charge in [0.1, 0.15) is 5.78 Å². The highest BCUT2D eigenvalue weighted by molar-refractivity contribution is 14.1. The third-order valence-electron chi connectivity index (χ3n) is 2.87. The lowest BCUT2D eigenvalue weighted by molar-refractivity contribution is -0.123. The molecule has 1 aliphatic carbocycles. The summed E-state index contributed by atoms with van der Waals surface area (Å²) in [6.45, 7) is 0. The van der Waals surface area contributed by atoms with Gasteiger partial charge in [-0.3, -0.25) is 4.79 Å². The van der Waals surface area contributed by atoms with E-state index in [9.17, 15) is 4.79 Å². The fourth-order valence-corrected chi connectivity index (χ4v) is 2.48. The van der Waals surface area contributed by atoms with Gasteiger partial charge in [-0.15, -0.1) is 0 Å². The van der Waals surface area contributed by atoms with Crippen LogP contribution in [0.15, 0.2) is 0 Å². The van der Waals surface area contributed by atoms with Gasteiger partial charge in [-0.25, -0.2) is 0 Å². The Labute approximate surface area is 94.8 Å². The fourth-order valence-electron chi connectivity index (χ4n) is 2.04. The van der Waals surface area contributed by atoms with Crippen LogP contribution >= 0.6 is 22.6 Å². The molecule has 1 unspecified atom stereocenters. The van der Waals surface area contributed by atoms with Crippen molar-refractivity contribution in [3.05, 3.63) is 0 Å². The number of rotatable bonds is 3. The van der Waals surface area contributed by atoms with E-state index in [4.69, 9.17) is 0 Å². The monoisotopic (exact) mass is 294 g/mol. The number of carbonyl (C=O) groups is 1. The van der Waals surface area contributed by atoms with Crippen LogP contribution in [-0.2, 0) is 4.79 Å². The van der Waals surface area contributed by atoms with E-state index in [1.54, 1.807) is 0 Å². The zero-order chi connectivity index (χ0) is 9.52. The highest BCUT2D eigenvalue weighted by atomic mass is 127. The maximum Gasteiger partial charge on any atom is 0.135 e. The summed E-state index contributed by atoms with van der Waals surface area (Å²) < 4.78 is 1.20. The molecule has 1 nitrogen and oxygen atoms in total. The molecule has 0 aromatic rings. The molecule has 13 heavy (non-hydrogen) atoms. The molecular formula is C11H19IO. The summed E-state index contributed by atoms with van der Waals surface area (Å²) in [7, 11) is 0. The number of hydrogen-bond donors (Lipinski definition) is 0. The first-order chi connectivity index (χ1) is 6.34. The van der Waals surface area contributed by atoms with Gasteiger partial charge in [0, 0.05) is 12.3 Å². The SMILES string of the molecule is O=C1CCCCCCC1CCCI. The van der Waals surface area contributed by atoms with E-state index in [1.807, 2.05) is 0 Å². The Bertz CT molecular complexity index is 154. The van der Waals surface area contributed by atoms with Crippen molar-refractivity contribution in [3.63, 3.8) is 0 Å². The molecule has 0 aromatic heterocycles. The summed E-state index contributed by atoms with van der Waals surface area (Å²) in [5.74, 6) is 0.958. The molecule has 0 saturated heterocycles. The zero-order valence-corrected chi connectivity index (χ0v) is 10.4. The third kappa shape index (κ3) is 4.43. The zero-order valence-electron chi connectivity index (χ0n) is 8.23. The van der Waals surface area contributed by atoms with E-state index < -0.39 is 0 Å². The average Bonchev–Trinajstić information content (AvgIpc) is 2.11. The lowest BCUT2D eigenvalue weighted by Gasteiger charge is -2.17. The van der Waals surface area contributed by atoms with E-state index >= 15 is 0 Å². The second kappa shape index (κ2) is 6.80. The Balaban J connectivity index is 2.32. The van der Waals surface area contributed by atoms with Gasteiger partial charge in [-0.05, 0) is 30.1 Å². The molecule has 0 N–H and O–H groups in total. The van der Waals surface area contributed by atoms with Crippen molar-refractivity contribution in [2.24, 2.45) is 5.92 Å². The number of ketones is 1. The van der Waals surface area contributed by atoms with Gasteiger partial charge in [0.25, 0.3) is 0 Å². The Morgan fingerprint density at radius 2 is 2.00 bits per heavy atom. The van der Waals surface area contributed by atoms with Crippen LogP contribution in [0.5, 0.6) is 0 Å². The molecule has 0 spiro atoms. The number of hydrogen-bond acceptors (Lipinski definition) is 1. The van der Waals surface area contributed by atoms with Gasteiger partial charge < -0.3 is 0 Å². The molecule has 1 aliphatic rings. The summed E-state index contributed by atoms with van der Waals surface area (Å²) >= 11 is 2.40. The number of Topliss-reactive ketones (excluding diaryl/α,β-unsaturated/α-hetero) is 1. The predicted molar refractivity (Wildman–Crippen MR) is 64.3 cm³/mol. The van der Waals surface area contributed by atoms with E-state index in [0.29, 0.717) is 11.7 Å². The molecule has 76 valence electrons. The lowest BCUT2D eigenvalue weighted by Crippen LogP contribution is -2.16. The smallest absolute Gasteiger partial charge is 0.135 e. The minimum absolute atomic E-state index is 0.412. The van der Waals surface area contributed by atoms with Gasteiger partial charge in [-0.2, -0.15) is 0 Å². The molecule has 1 saturated carbocycles. The van der Waals surface area contributed by atoms with Crippen LogP contribution < -0.4 is 0 Å². The lowest BCUT2D eigenvalue weighted by atomic mass is 9.87. The van der Waals surface area contributed by atoms with Crippen molar-refractivity contribution >= 4 is 28.4 Å². The second-order valence-electron chi connectivity index (χ2n) is 3.95. The predicted octanol–water partition coefficient (Wildman–Crippen LogP) is 3.74. The van der Waals surface area contributed by atoms with Gasteiger partial charge >= 0.3 is 0 Å². The summed E-state index contributed by atoms with van der Waals surface area (Å²) in [5, 5.41) is 0. The first-order valence-electron chi connectivity index (χ1n) is 5.43. The summed E-state index contributed by atoms with van der Waals surface area (Å²) in [6, 6.07) is 0. The first-order valence-corrected chi connectivity index (χ1v) is 6.96. The van der Waals surface area contributed by atoms with E-state index in [2.05, 4.69) is 22.6 Å². The standard InChI is InChI=1S/C11H19IO/c12-9-5-7-10-6-3-1-2-4-8-11(10)13/h10H,1-9H2. The van der Waals surface area contributed by atoms with Crippen molar-refractivity contribution in [1.29, 1.82) is 0 Å². The maximum atomic E-state index is 11.7. The van der Waals surface area contributed by atoms with Crippen LogP contribution in [0.3, 0.4) is 0 Å². The number of alkyl halides is 1. The van der Waals surface area contributed by atoms with Crippen LogP contribution in [0.2, 0.25) is 0 Å². The van der Waals surface area contributed by atoms with Gasteiger partial charge in [-0.1, -0.05) is 41.9 Å². The van der Waals surface area contributed by atoms with E-state index in [0.717, 1.165) is 25.7 Å². The third-order valence-corrected chi connectivity index (χ3v) is 3.63. The maximum absolute atomic E-state index is 11.7. The molecule has 1 atom stereocenters. The topological polar surface area (TPSA) is 17.1 Å². The molecule has 0 heterocycles.